The van der Waals surface area contributed by atoms with Crippen molar-refractivity contribution in [3.63, 3.8) is 0 Å². The van der Waals surface area contributed by atoms with Gasteiger partial charge >= 0.3 is 0 Å². The fraction of sp³-hybridized carbons (Fsp3) is 0.923. The molecule has 0 saturated heterocycles. The minimum Gasteiger partial charge on any atom is -0.378 e. The van der Waals surface area contributed by atoms with Gasteiger partial charge < -0.3 is 9.58 Å². The summed E-state index contributed by atoms with van der Waals surface area (Å²) in [7, 11) is 0. The standard InChI is InChI=1S/C13H23NO/c1-3-4-5-6-11-15-13-9-7-12(14-2)8-10-13/h12-13H,3-11H2,1H3. The fourth-order valence-corrected chi connectivity index (χ4v) is 2.12. The molecule has 0 aromatic rings. The SMILES string of the molecule is [C-]#[N+]C1CCC(OCCCCCC)CC1. The second kappa shape index (κ2) is 7.70. The molecule has 0 atom stereocenters. The second-order valence-corrected chi connectivity index (χ2v) is 4.49. The highest BCUT2D eigenvalue weighted by atomic mass is 16.5. The highest BCUT2D eigenvalue weighted by Crippen LogP contribution is 2.23. The predicted molar refractivity (Wildman–Crippen MR) is 62.7 cm³/mol. The summed E-state index contributed by atoms with van der Waals surface area (Å²) in [5, 5.41) is 0. The van der Waals surface area contributed by atoms with Gasteiger partial charge in [-0.15, -0.1) is 0 Å². The lowest BCUT2D eigenvalue weighted by Crippen LogP contribution is -2.23. The average molecular weight is 209 g/mol. The lowest BCUT2D eigenvalue weighted by molar-refractivity contribution is 0.0252. The van der Waals surface area contributed by atoms with Gasteiger partial charge in [0, 0.05) is 19.4 Å². The van der Waals surface area contributed by atoms with Crippen LogP contribution < -0.4 is 0 Å². The maximum Gasteiger partial charge on any atom is 0.223 e. The van der Waals surface area contributed by atoms with Crippen molar-refractivity contribution in [2.45, 2.75) is 70.4 Å². The Balaban J connectivity index is 1.97. The van der Waals surface area contributed by atoms with Crippen molar-refractivity contribution >= 4 is 0 Å². The van der Waals surface area contributed by atoms with E-state index in [4.69, 9.17) is 11.3 Å². The maximum atomic E-state index is 6.96. The zero-order chi connectivity index (χ0) is 10.9. The van der Waals surface area contributed by atoms with Gasteiger partial charge in [0.25, 0.3) is 0 Å². The highest BCUT2D eigenvalue weighted by Gasteiger charge is 2.24. The first-order chi connectivity index (χ1) is 7.36. The Kier molecular flexibility index (Phi) is 6.43. The van der Waals surface area contributed by atoms with Gasteiger partial charge in [-0.05, 0) is 19.3 Å². The lowest BCUT2D eigenvalue weighted by atomic mass is 9.93. The molecule has 15 heavy (non-hydrogen) atoms. The molecule has 1 rings (SSSR count). The van der Waals surface area contributed by atoms with Crippen LogP contribution in [-0.2, 0) is 4.74 Å². The Labute approximate surface area is 93.8 Å². The second-order valence-electron chi connectivity index (χ2n) is 4.49. The van der Waals surface area contributed by atoms with Crippen molar-refractivity contribution in [1.29, 1.82) is 0 Å². The third kappa shape index (κ3) is 5.18. The smallest absolute Gasteiger partial charge is 0.223 e. The van der Waals surface area contributed by atoms with Crippen LogP contribution >= 0.6 is 0 Å². The van der Waals surface area contributed by atoms with Crippen molar-refractivity contribution < 1.29 is 4.74 Å². The Morgan fingerprint density at radius 1 is 1.13 bits per heavy atom. The van der Waals surface area contributed by atoms with E-state index in [0.29, 0.717) is 6.10 Å². The average Bonchev–Trinajstić information content (AvgIpc) is 2.30. The first-order valence-electron chi connectivity index (χ1n) is 6.35. The van der Waals surface area contributed by atoms with Crippen LogP contribution in [0.5, 0.6) is 0 Å². The molecule has 1 fully saturated rings. The molecule has 0 spiro atoms. The van der Waals surface area contributed by atoms with Crippen molar-refractivity contribution in [3.05, 3.63) is 11.4 Å². The van der Waals surface area contributed by atoms with Crippen LogP contribution in [0.4, 0.5) is 0 Å². The van der Waals surface area contributed by atoms with Crippen molar-refractivity contribution in [2.75, 3.05) is 6.61 Å². The molecule has 0 N–H and O–H groups in total. The van der Waals surface area contributed by atoms with E-state index in [9.17, 15) is 0 Å². The third-order valence-electron chi connectivity index (χ3n) is 3.18. The summed E-state index contributed by atoms with van der Waals surface area (Å²) >= 11 is 0. The molecule has 1 aliphatic rings. The first-order valence-corrected chi connectivity index (χ1v) is 6.35. The summed E-state index contributed by atoms with van der Waals surface area (Å²) in [5.74, 6) is 0. The maximum absolute atomic E-state index is 6.96. The Bertz CT molecular complexity index is 189. The molecule has 2 heteroatoms. The summed E-state index contributed by atoms with van der Waals surface area (Å²) in [5.41, 5.74) is 0. The quantitative estimate of drug-likeness (QED) is 0.479. The normalized spacial score (nSPS) is 26.1. The largest absolute Gasteiger partial charge is 0.378 e. The molecule has 2 nitrogen and oxygen atoms in total. The molecule has 86 valence electrons. The van der Waals surface area contributed by atoms with Gasteiger partial charge in [0.2, 0.25) is 6.04 Å². The van der Waals surface area contributed by atoms with E-state index in [0.717, 1.165) is 32.3 Å². The van der Waals surface area contributed by atoms with Crippen LogP contribution in [0.25, 0.3) is 4.85 Å². The summed E-state index contributed by atoms with van der Waals surface area (Å²) in [6.07, 6.45) is 9.85. The number of rotatable bonds is 6. The van der Waals surface area contributed by atoms with Crippen LogP contribution in [-0.4, -0.2) is 18.8 Å². The van der Waals surface area contributed by atoms with Crippen LogP contribution in [0, 0.1) is 6.57 Å². The van der Waals surface area contributed by atoms with Crippen LogP contribution in [0.3, 0.4) is 0 Å². The van der Waals surface area contributed by atoms with E-state index in [1.54, 1.807) is 0 Å². The Morgan fingerprint density at radius 2 is 1.87 bits per heavy atom. The van der Waals surface area contributed by atoms with Crippen LogP contribution in [0.2, 0.25) is 0 Å². The van der Waals surface area contributed by atoms with Gasteiger partial charge in [0.15, 0.2) is 0 Å². The van der Waals surface area contributed by atoms with E-state index < -0.39 is 0 Å². The first kappa shape index (κ1) is 12.5. The van der Waals surface area contributed by atoms with Gasteiger partial charge in [-0.25, -0.2) is 6.57 Å². The molecule has 0 bridgehead atoms. The van der Waals surface area contributed by atoms with Crippen molar-refractivity contribution in [3.8, 4) is 0 Å². The zero-order valence-electron chi connectivity index (χ0n) is 9.87. The molecular formula is C13H23NO. The minimum atomic E-state index is 0.282. The predicted octanol–water partition coefficient (Wildman–Crippen LogP) is 3.81. The van der Waals surface area contributed by atoms with E-state index in [1.807, 2.05) is 0 Å². The monoisotopic (exact) mass is 209 g/mol. The molecular weight excluding hydrogens is 186 g/mol. The Morgan fingerprint density at radius 3 is 2.47 bits per heavy atom. The van der Waals surface area contributed by atoms with Crippen molar-refractivity contribution in [2.24, 2.45) is 0 Å². The minimum absolute atomic E-state index is 0.282. The van der Waals surface area contributed by atoms with Gasteiger partial charge in [-0.2, -0.15) is 0 Å². The molecule has 1 aliphatic carbocycles. The molecule has 0 aromatic heterocycles. The summed E-state index contributed by atoms with van der Waals surface area (Å²) in [6.45, 7) is 10.1. The van der Waals surface area contributed by atoms with E-state index >= 15 is 0 Å². The lowest BCUT2D eigenvalue weighted by Gasteiger charge is -2.22. The summed E-state index contributed by atoms with van der Waals surface area (Å²) < 4.78 is 5.82. The molecule has 0 heterocycles. The number of hydrogen-bond donors (Lipinski definition) is 0. The molecule has 0 unspecified atom stereocenters. The van der Waals surface area contributed by atoms with Crippen molar-refractivity contribution in [1.82, 2.24) is 0 Å². The molecule has 0 aliphatic heterocycles. The number of hydrogen-bond acceptors (Lipinski definition) is 1. The van der Waals surface area contributed by atoms with E-state index in [-0.39, 0.29) is 6.04 Å². The molecule has 0 amide bonds. The third-order valence-corrected chi connectivity index (χ3v) is 3.18. The van der Waals surface area contributed by atoms with Gasteiger partial charge in [-0.3, -0.25) is 0 Å². The van der Waals surface area contributed by atoms with Gasteiger partial charge in [-0.1, -0.05) is 26.2 Å². The molecule has 0 aromatic carbocycles. The summed E-state index contributed by atoms with van der Waals surface area (Å²) in [6, 6.07) is 0.282. The molecule has 1 saturated carbocycles. The van der Waals surface area contributed by atoms with Gasteiger partial charge in [0.05, 0.1) is 6.10 Å². The number of ether oxygens (including phenoxy) is 1. The fourth-order valence-electron chi connectivity index (χ4n) is 2.12. The van der Waals surface area contributed by atoms with Gasteiger partial charge in [0.1, 0.15) is 0 Å². The summed E-state index contributed by atoms with van der Waals surface area (Å²) in [4.78, 5) is 3.60. The van der Waals surface area contributed by atoms with E-state index in [2.05, 4.69) is 11.8 Å². The number of nitrogens with zero attached hydrogens (tertiary/aromatic N) is 1. The Hall–Kier alpha value is -0.550. The zero-order valence-corrected chi connectivity index (χ0v) is 9.87. The number of unbranched alkanes of at least 4 members (excludes halogenated alkanes) is 3. The van der Waals surface area contributed by atoms with Crippen LogP contribution in [0.1, 0.15) is 58.3 Å². The topological polar surface area (TPSA) is 13.6 Å². The molecule has 0 radical (unpaired) electrons. The van der Waals surface area contributed by atoms with E-state index in [1.165, 1.54) is 25.7 Å². The highest BCUT2D eigenvalue weighted by molar-refractivity contribution is 4.84. The van der Waals surface area contributed by atoms with Crippen LogP contribution in [0.15, 0.2) is 0 Å².